The molecule has 1 aliphatic carbocycles. The van der Waals surface area contributed by atoms with Crippen molar-refractivity contribution in [2.24, 2.45) is 0 Å². The molecule has 3 heteroatoms. The van der Waals surface area contributed by atoms with Gasteiger partial charge in [0.25, 0.3) is 0 Å². The van der Waals surface area contributed by atoms with Gasteiger partial charge in [-0.15, -0.1) is 0 Å². The molecule has 0 radical (unpaired) electrons. The van der Waals surface area contributed by atoms with Crippen molar-refractivity contribution in [1.82, 2.24) is 0 Å². The third-order valence-corrected chi connectivity index (χ3v) is 3.16. The molecule has 1 aromatic rings. The van der Waals surface area contributed by atoms with Crippen molar-refractivity contribution < 1.29 is 14.3 Å². The highest BCUT2D eigenvalue weighted by Gasteiger charge is 2.24. The van der Waals surface area contributed by atoms with E-state index in [-0.39, 0.29) is 5.92 Å². The molecule has 0 spiro atoms. The first-order valence-electron chi connectivity index (χ1n) is 5.26. The zero-order valence-corrected chi connectivity index (χ0v) is 8.36. The fraction of sp³-hybridized carbons (Fsp3) is 0.417. The summed E-state index contributed by atoms with van der Waals surface area (Å²) in [6.07, 6.45) is 4.11. The van der Waals surface area contributed by atoms with Gasteiger partial charge < -0.3 is 14.3 Å². The quantitative estimate of drug-likeness (QED) is 0.656. The van der Waals surface area contributed by atoms with Crippen molar-refractivity contribution in [3.8, 4) is 11.5 Å². The zero-order valence-electron chi connectivity index (χ0n) is 8.36. The van der Waals surface area contributed by atoms with E-state index in [1.807, 2.05) is 12.1 Å². The summed E-state index contributed by atoms with van der Waals surface area (Å²) in [7, 11) is 0. The summed E-state index contributed by atoms with van der Waals surface area (Å²) in [4.78, 5) is 11.0. The molecule has 0 aromatic heterocycles. The fourth-order valence-electron chi connectivity index (χ4n) is 2.37. The molecule has 2 aliphatic rings. The average molecular weight is 204 g/mol. The van der Waals surface area contributed by atoms with Crippen LogP contribution in [0.25, 0.3) is 0 Å². The van der Waals surface area contributed by atoms with Gasteiger partial charge in [0.15, 0.2) is 11.5 Å². The molecule has 0 saturated heterocycles. The van der Waals surface area contributed by atoms with Crippen LogP contribution in [0.15, 0.2) is 12.1 Å². The minimum Gasteiger partial charge on any atom is -0.454 e. The van der Waals surface area contributed by atoms with E-state index in [1.165, 1.54) is 5.56 Å². The van der Waals surface area contributed by atoms with Gasteiger partial charge >= 0.3 is 0 Å². The summed E-state index contributed by atoms with van der Waals surface area (Å²) in [5.41, 5.74) is 2.36. The Morgan fingerprint density at radius 3 is 2.87 bits per heavy atom. The van der Waals surface area contributed by atoms with Crippen molar-refractivity contribution in [3.63, 3.8) is 0 Å². The Balaban J connectivity index is 2.11. The minimum atomic E-state index is 0.0447. The highest BCUT2D eigenvalue weighted by Crippen LogP contribution is 2.40. The molecular formula is C12H12O3. The van der Waals surface area contributed by atoms with Crippen LogP contribution in [-0.4, -0.2) is 13.1 Å². The maximum absolute atomic E-state index is 11.0. The number of aryl methyl sites for hydroxylation is 1. The Bertz CT molecular complexity index is 412. The number of benzene rings is 1. The largest absolute Gasteiger partial charge is 0.454 e. The second-order valence-electron chi connectivity index (χ2n) is 4.04. The summed E-state index contributed by atoms with van der Waals surface area (Å²) >= 11 is 0. The van der Waals surface area contributed by atoms with E-state index in [2.05, 4.69) is 0 Å². The van der Waals surface area contributed by atoms with Crippen molar-refractivity contribution in [2.45, 2.75) is 25.2 Å². The van der Waals surface area contributed by atoms with Gasteiger partial charge in [0, 0.05) is 5.92 Å². The lowest BCUT2D eigenvalue weighted by atomic mass is 9.83. The molecule has 15 heavy (non-hydrogen) atoms. The van der Waals surface area contributed by atoms with E-state index in [1.54, 1.807) is 0 Å². The monoisotopic (exact) mass is 204 g/mol. The molecule has 0 N–H and O–H groups in total. The maximum Gasteiger partial charge on any atom is 0.231 e. The highest BCUT2D eigenvalue weighted by atomic mass is 16.7. The van der Waals surface area contributed by atoms with E-state index in [9.17, 15) is 4.79 Å². The van der Waals surface area contributed by atoms with Crippen LogP contribution in [0.2, 0.25) is 0 Å². The topological polar surface area (TPSA) is 35.5 Å². The van der Waals surface area contributed by atoms with E-state index < -0.39 is 0 Å². The number of rotatable bonds is 1. The number of carbonyl (C=O) groups excluding carboxylic acids is 1. The van der Waals surface area contributed by atoms with Crippen molar-refractivity contribution in [1.29, 1.82) is 0 Å². The summed E-state index contributed by atoms with van der Waals surface area (Å²) < 4.78 is 10.6. The predicted molar refractivity (Wildman–Crippen MR) is 54.3 cm³/mol. The third kappa shape index (κ3) is 1.30. The van der Waals surface area contributed by atoms with Crippen LogP contribution in [0.3, 0.4) is 0 Å². The van der Waals surface area contributed by atoms with Gasteiger partial charge in [-0.1, -0.05) is 0 Å². The maximum atomic E-state index is 11.0. The Morgan fingerprint density at radius 2 is 2.07 bits per heavy atom. The number of ether oxygens (including phenoxy) is 2. The number of aldehydes is 1. The number of hydrogen-bond donors (Lipinski definition) is 0. The fourth-order valence-corrected chi connectivity index (χ4v) is 2.37. The minimum absolute atomic E-state index is 0.0447. The summed E-state index contributed by atoms with van der Waals surface area (Å²) in [5, 5.41) is 0. The van der Waals surface area contributed by atoms with Crippen molar-refractivity contribution >= 4 is 6.29 Å². The molecule has 1 atom stereocenters. The zero-order chi connectivity index (χ0) is 10.3. The van der Waals surface area contributed by atoms with Crippen LogP contribution in [0.5, 0.6) is 11.5 Å². The van der Waals surface area contributed by atoms with E-state index in [4.69, 9.17) is 9.47 Å². The second-order valence-corrected chi connectivity index (χ2v) is 4.04. The first-order chi connectivity index (χ1) is 7.38. The van der Waals surface area contributed by atoms with Gasteiger partial charge in [0.05, 0.1) is 0 Å². The number of carbonyl (C=O) groups is 1. The lowest BCUT2D eigenvalue weighted by Crippen LogP contribution is -2.10. The van der Waals surface area contributed by atoms with Gasteiger partial charge in [-0.25, -0.2) is 0 Å². The number of fused-ring (bicyclic) bond motifs is 2. The van der Waals surface area contributed by atoms with Crippen LogP contribution < -0.4 is 9.47 Å². The molecule has 0 amide bonds. The van der Waals surface area contributed by atoms with Crippen molar-refractivity contribution in [2.75, 3.05) is 6.79 Å². The Hall–Kier alpha value is -1.51. The van der Waals surface area contributed by atoms with E-state index >= 15 is 0 Å². The molecule has 0 bridgehead atoms. The Morgan fingerprint density at radius 1 is 1.27 bits per heavy atom. The second kappa shape index (κ2) is 3.26. The molecule has 1 unspecified atom stereocenters. The van der Waals surface area contributed by atoms with E-state index in [0.717, 1.165) is 42.6 Å². The molecule has 3 nitrogen and oxygen atoms in total. The van der Waals surface area contributed by atoms with Gasteiger partial charge in [-0.05, 0) is 42.5 Å². The molecule has 0 saturated carbocycles. The molecule has 1 aliphatic heterocycles. The van der Waals surface area contributed by atoms with Crippen LogP contribution in [-0.2, 0) is 11.2 Å². The van der Waals surface area contributed by atoms with Crippen LogP contribution >= 0.6 is 0 Å². The first kappa shape index (κ1) is 8.77. The predicted octanol–water partition coefficient (Wildman–Crippen LogP) is 2.03. The standard InChI is InChI=1S/C12H12O3/c13-6-9-3-1-2-8-4-11-12(5-10(8)9)15-7-14-11/h4-6,9H,1-3,7H2. The normalized spacial score (nSPS) is 22.3. The highest BCUT2D eigenvalue weighted by molar-refractivity contribution is 5.66. The van der Waals surface area contributed by atoms with Gasteiger partial charge in [-0.3, -0.25) is 0 Å². The molecule has 3 rings (SSSR count). The van der Waals surface area contributed by atoms with Crippen molar-refractivity contribution in [3.05, 3.63) is 23.3 Å². The molecule has 1 aromatic carbocycles. The lowest BCUT2D eigenvalue weighted by molar-refractivity contribution is -0.109. The van der Waals surface area contributed by atoms with Crippen LogP contribution in [0.1, 0.15) is 29.9 Å². The average Bonchev–Trinajstić information content (AvgIpc) is 2.72. The lowest BCUT2D eigenvalue weighted by Gasteiger charge is -2.21. The van der Waals surface area contributed by atoms with Gasteiger partial charge in [-0.2, -0.15) is 0 Å². The summed E-state index contributed by atoms with van der Waals surface area (Å²) in [6, 6.07) is 3.99. The third-order valence-electron chi connectivity index (χ3n) is 3.16. The summed E-state index contributed by atoms with van der Waals surface area (Å²) in [6.45, 7) is 0.296. The summed E-state index contributed by atoms with van der Waals surface area (Å²) in [5.74, 6) is 1.64. The van der Waals surface area contributed by atoms with Gasteiger partial charge in [0.2, 0.25) is 6.79 Å². The Labute approximate surface area is 88.0 Å². The first-order valence-corrected chi connectivity index (χ1v) is 5.26. The van der Waals surface area contributed by atoms with Crippen LogP contribution in [0, 0.1) is 0 Å². The molecule has 0 fully saturated rings. The Kier molecular flexibility index (Phi) is 1.91. The molecule has 78 valence electrons. The number of hydrogen-bond acceptors (Lipinski definition) is 3. The smallest absolute Gasteiger partial charge is 0.231 e. The SMILES string of the molecule is O=CC1CCCc2cc3c(cc21)OCO3. The molecular weight excluding hydrogens is 192 g/mol. The van der Waals surface area contributed by atoms with E-state index in [0.29, 0.717) is 6.79 Å². The van der Waals surface area contributed by atoms with Gasteiger partial charge in [0.1, 0.15) is 6.29 Å². The van der Waals surface area contributed by atoms with Crippen LogP contribution in [0.4, 0.5) is 0 Å². The molecule has 1 heterocycles.